The molecule has 0 saturated carbocycles. The number of ketones is 1. The molecule has 0 saturated heterocycles. The number of benzene rings is 1. The molecule has 0 radical (unpaired) electrons. The summed E-state index contributed by atoms with van der Waals surface area (Å²) in [7, 11) is 0. The number of para-hydroxylation sites is 2. The first-order valence-electron chi connectivity index (χ1n) is 9.67. The molecule has 1 aliphatic heterocycles. The number of nitrogens with one attached hydrogen (secondary N) is 2. The number of carbonyl (C=O) groups excluding carboxylic acids is 1. The van der Waals surface area contributed by atoms with E-state index < -0.39 is 0 Å². The van der Waals surface area contributed by atoms with E-state index in [-0.39, 0.29) is 17.2 Å². The van der Waals surface area contributed by atoms with Crippen LogP contribution in [0.25, 0.3) is 11.1 Å². The summed E-state index contributed by atoms with van der Waals surface area (Å²) in [6.45, 7) is 6.32. The van der Waals surface area contributed by atoms with Gasteiger partial charge in [-0.05, 0) is 47.9 Å². The minimum absolute atomic E-state index is 0.0853. The van der Waals surface area contributed by atoms with E-state index in [1.54, 1.807) is 11.3 Å². The molecule has 5 rings (SSSR count). The van der Waals surface area contributed by atoms with E-state index in [1.807, 2.05) is 29.6 Å². The lowest BCUT2D eigenvalue weighted by molar-refractivity contribution is -0.118. The van der Waals surface area contributed by atoms with Crippen LogP contribution in [0.3, 0.4) is 0 Å². The van der Waals surface area contributed by atoms with Crippen LogP contribution >= 0.6 is 11.3 Å². The molecule has 2 aromatic heterocycles. The number of carbonyl (C=O) groups is 1. The highest BCUT2D eigenvalue weighted by Gasteiger charge is 2.40. The third-order valence-corrected chi connectivity index (χ3v) is 6.46. The Morgan fingerprint density at radius 2 is 2.07 bits per heavy atom. The number of fused-ring (bicyclic) bond motifs is 1. The Bertz CT molecular complexity index is 1150. The van der Waals surface area contributed by atoms with Gasteiger partial charge in [0, 0.05) is 22.6 Å². The van der Waals surface area contributed by atoms with Crippen molar-refractivity contribution in [1.29, 1.82) is 0 Å². The maximum Gasteiger partial charge on any atom is 0.302 e. The van der Waals surface area contributed by atoms with Crippen LogP contribution < -0.4 is 10.6 Å². The van der Waals surface area contributed by atoms with Crippen LogP contribution in [0.5, 0.6) is 0 Å². The van der Waals surface area contributed by atoms with E-state index in [0.29, 0.717) is 24.0 Å². The van der Waals surface area contributed by atoms with E-state index in [9.17, 15) is 4.79 Å². The van der Waals surface area contributed by atoms with E-state index in [1.165, 1.54) is 0 Å². The molecule has 3 aromatic rings. The molecule has 0 fully saturated rings. The van der Waals surface area contributed by atoms with Crippen molar-refractivity contribution < 1.29 is 9.21 Å². The summed E-state index contributed by atoms with van der Waals surface area (Å²) in [5, 5.41) is 8.57. The average Bonchev–Trinajstić information content (AvgIpc) is 3.24. The standard InChI is InChI=1S/C22H22N4O2S/c1-12-8-9-29-19(12)18-17-14(10-22(2,3)11-15(17)27)23-20(25-18)26-21-24-13-6-4-5-7-16(13)28-21/h4-9,18H,10-11H2,1-3H3,(H2,23,24,25,26). The van der Waals surface area contributed by atoms with Crippen LogP contribution in [0.1, 0.15) is 43.2 Å². The molecule has 0 bridgehead atoms. The summed E-state index contributed by atoms with van der Waals surface area (Å²) in [5.41, 5.74) is 4.29. The molecule has 2 aliphatic rings. The molecule has 1 unspecified atom stereocenters. The fraction of sp³-hybridized carbons (Fsp3) is 0.318. The van der Waals surface area contributed by atoms with Gasteiger partial charge in [-0.1, -0.05) is 26.0 Å². The largest absolute Gasteiger partial charge is 0.423 e. The Hall–Kier alpha value is -2.93. The van der Waals surface area contributed by atoms with Crippen molar-refractivity contribution in [3.8, 4) is 0 Å². The third kappa shape index (κ3) is 3.25. The molecule has 1 atom stereocenters. The zero-order chi connectivity index (χ0) is 20.2. The highest BCUT2D eigenvalue weighted by Crippen LogP contribution is 2.44. The Morgan fingerprint density at radius 1 is 1.24 bits per heavy atom. The van der Waals surface area contributed by atoms with E-state index >= 15 is 0 Å². The molecule has 1 aliphatic carbocycles. The Morgan fingerprint density at radius 3 is 2.83 bits per heavy atom. The van der Waals surface area contributed by atoms with Gasteiger partial charge < -0.3 is 9.73 Å². The van der Waals surface area contributed by atoms with Crippen LogP contribution in [0, 0.1) is 12.3 Å². The third-order valence-electron chi connectivity index (χ3n) is 5.39. The first-order valence-corrected chi connectivity index (χ1v) is 10.6. The van der Waals surface area contributed by atoms with Crippen molar-refractivity contribution in [2.45, 2.75) is 39.7 Å². The Labute approximate surface area is 172 Å². The van der Waals surface area contributed by atoms with Gasteiger partial charge in [0.25, 0.3) is 0 Å². The SMILES string of the molecule is Cc1ccsc1C1N=C(Nc2nc3ccccc3o2)NC2=C1C(=O)CC(C)(C)C2. The summed E-state index contributed by atoms with van der Waals surface area (Å²) >= 11 is 1.64. The van der Waals surface area contributed by atoms with Crippen molar-refractivity contribution in [2.24, 2.45) is 10.4 Å². The molecule has 0 spiro atoms. The number of oxazole rings is 1. The number of aromatic nitrogens is 1. The normalized spacial score (nSPS) is 21.0. The van der Waals surface area contributed by atoms with Gasteiger partial charge in [0.1, 0.15) is 11.6 Å². The number of nitrogens with zero attached hydrogens (tertiary/aromatic N) is 2. The number of aliphatic imine (C=N–C) groups is 1. The summed E-state index contributed by atoms with van der Waals surface area (Å²) < 4.78 is 5.80. The quantitative estimate of drug-likeness (QED) is 0.629. The van der Waals surface area contributed by atoms with Gasteiger partial charge in [0.2, 0.25) is 5.96 Å². The van der Waals surface area contributed by atoms with Gasteiger partial charge >= 0.3 is 6.01 Å². The highest BCUT2D eigenvalue weighted by atomic mass is 32.1. The predicted molar refractivity (Wildman–Crippen MR) is 115 cm³/mol. The van der Waals surface area contributed by atoms with Gasteiger partial charge in [0.15, 0.2) is 11.4 Å². The second-order valence-corrected chi connectivity index (χ2v) is 9.37. The van der Waals surface area contributed by atoms with Gasteiger partial charge in [-0.3, -0.25) is 10.1 Å². The molecule has 7 heteroatoms. The number of anilines is 1. The smallest absolute Gasteiger partial charge is 0.302 e. The number of hydrogen-bond donors (Lipinski definition) is 2. The monoisotopic (exact) mass is 406 g/mol. The van der Waals surface area contributed by atoms with Crippen LogP contribution in [0.2, 0.25) is 0 Å². The summed E-state index contributed by atoms with van der Waals surface area (Å²) in [6, 6.07) is 9.77. The molecular formula is C22H22N4O2S. The van der Waals surface area contributed by atoms with Crippen molar-refractivity contribution in [2.75, 3.05) is 5.32 Å². The number of allylic oxidation sites excluding steroid dienone is 1. The first kappa shape index (κ1) is 18.1. The molecular weight excluding hydrogens is 384 g/mol. The molecule has 2 N–H and O–H groups in total. The number of rotatable bonds is 2. The van der Waals surface area contributed by atoms with E-state index in [4.69, 9.17) is 9.41 Å². The average molecular weight is 407 g/mol. The van der Waals surface area contributed by atoms with Gasteiger partial charge in [-0.2, -0.15) is 4.98 Å². The first-order chi connectivity index (χ1) is 13.9. The Kier molecular flexibility index (Phi) is 4.10. The number of aryl methyl sites for hydroxylation is 1. The van der Waals surface area contributed by atoms with E-state index in [2.05, 4.69) is 42.5 Å². The summed E-state index contributed by atoms with van der Waals surface area (Å²) in [4.78, 5) is 23.5. The topological polar surface area (TPSA) is 79.5 Å². The molecule has 6 nitrogen and oxygen atoms in total. The fourth-order valence-electron chi connectivity index (χ4n) is 4.08. The van der Waals surface area contributed by atoms with Crippen molar-refractivity contribution in [1.82, 2.24) is 10.3 Å². The number of thiophene rings is 1. The zero-order valence-corrected chi connectivity index (χ0v) is 17.4. The van der Waals surface area contributed by atoms with Gasteiger partial charge in [-0.25, -0.2) is 4.99 Å². The van der Waals surface area contributed by atoms with Crippen LogP contribution in [0.15, 0.2) is 56.4 Å². The molecule has 1 aromatic carbocycles. The van der Waals surface area contributed by atoms with Crippen molar-refractivity contribution in [3.63, 3.8) is 0 Å². The van der Waals surface area contributed by atoms with Crippen molar-refractivity contribution >= 4 is 40.2 Å². The lowest BCUT2D eigenvalue weighted by Crippen LogP contribution is -2.41. The molecule has 29 heavy (non-hydrogen) atoms. The fourth-order valence-corrected chi connectivity index (χ4v) is 5.05. The highest BCUT2D eigenvalue weighted by molar-refractivity contribution is 7.10. The summed E-state index contributed by atoms with van der Waals surface area (Å²) in [5.74, 6) is 0.727. The minimum Gasteiger partial charge on any atom is -0.423 e. The van der Waals surface area contributed by atoms with Crippen LogP contribution in [-0.4, -0.2) is 16.7 Å². The number of hydrogen-bond acceptors (Lipinski definition) is 7. The minimum atomic E-state index is -0.304. The second-order valence-electron chi connectivity index (χ2n) is 8.42. The second kappa shape index (κ2) is 6.56. The molecule has 0 amide bonds. The van der Waals surface area contributed by atoms with Crippen LogP contribution in [0.4, 0.5) is 6.01 Å². The lowest BCUT2D eigenvalue weighted by atomic mass is 9.73. The maximum absolute atomic E-state index is 13.0. The van der Waals surface area contributed by atoms with Gasteiger partial charge in [0.05, 0.1) is 0 Å². The Balaban J connectivity index is 1.54. The predicted octanol–water partition coefficient (Wildman–Crippen LogP) is 4.95. The van der Waals surface area contributed by atoms with Crippen molar-refractivity contribution in [3.05, 3.63) is 57.4 Å². The zero-order valence-electron chi connectivity index (χ0n) is 16.6. The maximum atomic E-state index is 13.0. The lowest BCUT2D eigenvalue weighted by Gasteiger charge is -2.37. The molecule has 3 heterocycles. The number of guanidine groups is 1. The number of Topliss-reactive ketones (excluding diaryl/α,β-unsaturated/α-hetero) is 1. The molecule has 148 valence electrons. The summed E-state index contributed by atoms with van der Waals surface area (Å²) in [6.07, 6.45) is 1.33. The van der Waals surface area contributed by atoms with E-state index in [0.717, 1.165) is 33.6 Å². The van der Waals surface area contributed by atoms with Crippen LogP contribution in [-0.2, 0) is 4.79 Å². The van der Waals surface area contributed by atoms with Gasteiger partial charge in [-0.15, -0.1) is 11.3 Å².